The summed E-state index contributed by atoms with van der Waals surface area (Å²) in [5, 5.41) is 3.87. The Morgan fingerprint density at radius 2 is 2.13 bits per heavy atom. The van der Waals surface area contributed by atoms with E-state index >= 15 is 0 Å². The molecule has 2 aliphatic rings. The smallest absolute Gasteiger partial charge is 0.236 e. The number of hydrogen-bond acceptors (Lipinski definition) is 7. The third-order valence-electron chi connectivity index (χ3n) is 4.81. The molecule has 3 heterocycles. The molecule has 8 nitrogen and oxygen atoms in total. The van der Waals surface area contributed by atoms with E-state index < -0.39 is 9.84 Å². The second kappa shape index (κ2) is 6.56. The van der Waals surface area contributed by atoms with Gasteiger partial charge in [-0.05, 0) is 26.3 Å². The van der Waals surface area contributed by atoms with E-state index in [4.69, 9.17) is 4.52 Å². The zero-order valence-electron chi connectivity index (χ0n) is 13.2. The van der Waals surface area contributed by atoms with E-state index in [-0.39, 0.29) is 35.9 Å². The Morgan fingerprint density at radius 3 is 2.70 bits per heavy atom. The predicted molar refractivity (Wildman–Crippen MR) is 82.5 cm³/mol. The van der Waals surface area contributed by atoms with Gasteiger partial charge in [0, 0.05) is 25.0 Å². The van der Waals surface area contributed by atoms with Crippen molar-refractivity contribution in [3.05, 3.63) is 12.2 Å². The van der Waals surface area contributed by atoms with Crippen LogP contribution in [-0.4, -0.2) is 78.5 Å². The van der Waals surface area contributed by atoms with E-state index in [0.29, 0.717) is 25.3 Å². The highest BCUT2D eigenvalue weighted by Crippen LogP contribution is 2.25. The van der Waals surface area contributed by atoms with Crippen molar-refractivity contribution in [1.82, 2.24) is 19.9 Å². The maximum Gasteiger partial charge on any atom is 0.236 e. The Morgan fingerprint density at radius 1 is 1.39 bits per heavy atom. The highest BCUT2D eigenvalue weighted by molar-refractivity contribution is 7.91. The fourth-order valence-corrected chi connectivity index (χ4v) is 5.12. The summed E-state index contributed by atoms with van der Waals surface area (Å²) >= 11 is 0. The van der Waals surface area contributed by atoms with Crippen molar-refractivity contribution < 1.29 is 17.7 Å². The minimum Gasteiger partial charge on any atom is -0.343 e. The topological polar surface area (TPSA) is 96.6 Å². The van der Waals surface area contributed by atoms with Crippen molar-refractivity contribution in [1.29, 1.82) is 0 Å². The molecule has 0 N–H and O–H groups in total. The van der Waals surface area contributed by atoms with Crippen LogP contribution in [0.2, 0.25) is 0 Å². The zero-order chi connectivity index (χ0) is 16.4. The van der Waals surface area contributed by atoms with Crippen molar-refractivity contribution >= 4 is 15.7 Å². The molecular weight excluding hydrogens is 320 g/mol. The quantitative estimate of drug-likeness (QED) is 0.753. The third kappa shape index (κ3) is 3.89. The lowest BCUT2D eigenvalue weighted by atomic mass is 9.96. The van der Waals surface area contributed by atoms with Gasteiger partial charge in [-0.15, -0.1) is 0 Å². The van der Waals surface area contributed by atoms with Gasteiger partial charge in [0.15, 0.2) is 15.7 Å². The van der Waals surface area contributed by atoms with E-state index in [1.807, 2.05) is 16.8 Å². The van der Waals surface area contributed by atoms with Gasteiger partial charge in [0.25, 0.3) is 0 Å². The molecule has 9 heteroatoms. The fourth-order valence-electron chi connectivity index (χ4n) is 3.31. The monoisotopic (exact) mass is 342 g/mol. The number of aromatic nitrogens is 2. The molecule has 1 amide bonds. The van der Waals surface area contributed by atoms with E-state index in [0.717, 1.165) is 12.8 Å². The number of amides is 1. The van der Waals surface area contributed by atoms with Gasteiger partial charge < -0.3 is 9.42 Å². The molecule has 0 radical (unpaired) electrons. The van der Waals surface area contributed by atoms with Crippen LogP contribution in [0.4, 0.5) is 0 Å². The highest BCUT2D eigenvalue weighted by atomic mass is 32.2. The second-order valence-electron chi connectivity index (χ2n) is 6.42. The van der Waals surface area contributed by atoms with Crippen molar-refractivity contribution in [2.45, 2.75) is 31.2 Å². The van der Waals surface area contributed by atoms with Crippen LogP contribution in [0.15, 0.2) is 10.9 Å². The first-order chi connectivity index (χ1) is 10.9. The fraction of sp³-hybridized carbons (Fsp3) is 0.786. The van der Waals surface area contributed by atoms with Gasteiger partial charge in [-0.25, -0.2) is 8.42 Å². The summed E-state index contributed by atoms with van der Waals surface area (Å²) in [6.45, 7) is 1.62. The van der Waals surface area contributed by atoms with Crippen LogP contribution in [0.5, 0.6) is 0 Å². The Labute approximate surface area is 135 Å². The van der Waals surface area contributed by atoms with Crippen LogP contribution >= 0.6 is 0 Å². The van der Waals surface area contributed by atoms with E-state index in [2.05, 4.69) is 10.1 Å². The summed E-state index contributed by atoms with van der Waals surface area (Å²) in [7, 11) is -1.09. The molecular formula is C14H22N4O4S. The Kier molecular flexibility index (Phi) is 4.67. The zero-order valence-corrected chi connectivity index (χ0v) is 14.0. The van der Waals surface area contributed by atoms with Gasteiger partial charge >= 0.3 is 0 Å². The molecule has 1 unspecified atom stereocenters. The SMILES string of the molecule is CN(CC(=O)N1CCC(c2ncon2)CC1)C1CCS(=O)(=O)C1. The lowest BCUT2D eigenvalue weighted by Gasteiger charge is -2.32. The Bertz CT molecular complexity index is 638. The number of carbonyl (C=O) groups excluding carboxylic acids is 1. The average Bonchev–Trinajstić information content (AvgIpc) is 3.16. The van der Waals surface area contributed by atoms with Gasteiger partial charge in [-0.3, -0.25) is 9.69 Å². The number of piperidine rings is 1. The van der Waals surface area contributed by atoms with Crippen LogP contribution in [0.25, 0.3) is 0 Å². The summed E-state index contributed by atoms with van der Waals surface area (Å²) < 4.78 is 27.9. The molecule has 1 atom stereocenters. The third-order valence-corrected chi connectivity index (χ3v) is 6.56. The standard InChI is InChI=1S/C14H22N4O4S/c1-17(12-4-7-23(20,21)9-12)8-13(19)18-5-2-11(3-6-18)14-15-10-22-16-14/h10-12H,2-9H2,1H3. The molecule has 2 aliphatic heterocycles. The Hall–Kier alpha value is -1.48. The van der Waals surface area contributed by atoms with Crippen LogP contribution < -0.4 is 0 Å². The molecule has 0 bridgehead atoms. The van der Waals surface area contributed by atoms with Crippen LogP contribution in [0.3, 0.4) is 0 Å². The molecule has 128 valence electrons. The predicted octanol–water partition coefficient (Wildman–Crippen LogP) is -0.105. The lowest BCUT2D eigenvalue weighted by molar-refractivity contribution is -0.133. The van der Waals surface area contributed by atoms with Gasteiger partial charge in [0.05, 0.1) is 18.1 Å². The summed E-state index contributed by atoms with van der Waals surface area (Å²) in [6, 6.07) is -0.0409. The second-order valence-corrected chi connectivity index (χ2v) is 8.65. The van der Waals surface area contributed by atoms with E-state index in [1.54, 1.807) is 0 Å². The first-order valence-corrected chi connectivity index (χ1v) is 9.71. The molecule has 2 fully saturated rings. The summed E-state index contributed by atoms with van der Waals surface area (Å²) in [4.78, 5) is 20.2. The molecule has 23 heavy (non-hydrogen) atoms. The van der Waals surface area contributed by atoms with Crippen molar-refractivity contribution in [3.8, 4) is 0 Å². The molecule has 3 rings (SSSR count). The molecule has 0 saturated carbocycles. The van der Waals surface area contributed by atoms with Crippen molar-refractivity contribution in [2.75, 3.05) is 38.2 Å². The Balaban J connectivity index is 1.48. The summed E-state index contributed by atoms with van der Waals surface area (Å²) in [5.41, 5.74) is 0. The normalized spacial score (nSPS) is 25.1. The lowest BCUT2D eigenvalue weighted by Crippen LogP contribution is -2.45. The molecule has 0 aliphatic carbocycles. The number of likely N-dealkylation sites (tertiary alicyclic amines) is 1. The molecule has 0 aromatic carbocycles. The van der Waals surface area contributed by atoms with Gasteiger partial charge in [-0.2, -0.15) is 4.98 Å². The first kappa shape index (κ1) is 16.4. The summed E-state index contributed by atoms with van der Waals surface area (Å²) in [5.74, 6) is 1.41. The molecule has 0 spiro atoms. The number of nitrogens with zero attached hydrogens (tertiary/aromatic N) is 4. The summed E-state index contributed by atoms with van der Waals surface area (Å²) in [6.07, 6.45) is 3.60. The van der Waals surface area contributed by atoms with Gasteiger partial charge in [0.1, 0.15) is 0 Å². The van der Waals surface area contributed by atoms with Crippen LogP contribution in [-0.2, 0) is 14.6 Å². The van der Waals surface area contributed by atoms with E-state index in [9.17, 15) is 13.2 Å². The maximum absolute atomic E-state index is 12.4. The largest absolute Gasteiger partial charge is 0.343 e. The van der Waals surface area contributed by atoms with Crippen molar-refractivity contribution in [2.24, 2.45) is 0 Å². The number of rotatable bonds is 4. The molecule has 1 aromatic heterocycles. The van der Waals surface area contributed by atoms with Gasteiger partial charge in [-0.1, -0.05) is 5.16 Å². The maximum atomic E-state index is 12.4. The molecule has 2 saturated heterocycles. The average molecular weight is 342 g/mol. The number of sulfone groups is 1. The van der Waals surface area contributed by atoms with Gasteiger partial charge in [0.2, 0.25) is 12.3 Å². The van der Waals surface area contributed by atoms with Crippen LogP contribution in [0.1, 0.15) is 31.0 Å². The molecule has 1 aromatic rings. The number of likely N-dealkylation sites (N-methyl/N-ethyl adjacent to an activating group) is 1. The first-order valence-electron chi connectivity index (χ1n) is 7.89. The number of carbonyl (C=O) groups is 1. The minimum absolute atomic E-state index is 0.0409. The van der Waals surface area contributed by atoms with E-state index in [1.165, 1.54) is 6.39 Å². The van der Waals surface area contributed by atoms with Crippen molar-refractivity contribution in [3.63, 3.8) is 0 Å². The van der Waals surface area contributed by atoms with Crippen LogP contribution in [0, 0.1) is 0 Å². The number of hydrogen-bond donors (Lipinski definition) is 0. The minimum atomic E-state index is -2.92. The highest BCUT2D eigenvalue weighted by Gasteiger charge is 2.32.